The lowest BCUT2D eigenvalue weighted by Gasteiger charge is -2.14. The van der Waals surface area contributed by atoms with Crippen LogP contribution in [-0.2, 0) is 0 Å². The van der Waals surface area contributed by atoms with Gasteiger partial charge in [0.05, 0.1) is 0 Å². The van der Waals surface area contributed by atoms with E-state index >= 15 is 0 Å². The third-order valence-electron chi connectivity index (χ3n) is 2.30. The van der Waals surface area contributed by atoms with E-state index in [2.05, 4.69) is 0 Å². The summed E-state index contributed by atoms with van der Waals surface area (Å²) in [7, 11) is 0. The van der Waals surface area contributed by atoms with Crippen LogP contribution < -0.4 is 0 Å². The van der Waals surface area contributed by atoms with Crippen LogP contribution in [0.3, 0.4) is 0 Å². The second kappa shape index (κ2) is 3.91. The zero-order valence-electron chi connectivity index (χ0n) is 6.22. The van der Waals surface area contributed by atoms with E-state index in [9.17, 15) is 4.39 Å². The SMILES string of the molecule is OC[C@@H]1CCCCC[C@H]1F. The van der Waals surface area contributed by atoms with Crippen molar-refractivity contribution in [2.75, 3.05) is 6.61 Å². The Morgan fingerprint density at radius 2 is 1.90 bits per heavy atom. The molecule has 1 N–H and O–H groups in total. The average molecular weight is 146 g/mol. The molecule has 0 aliphatic heterocycles. The summed E-state index contributed by atoms with van der Waals surface area (Å²) in [5.74, 6) is -0.0671. The van der Waals surface area contributed by atoms with Crippen molar-refractivity contribution in [2.24, 2.45) is 5.92 Å². The summed E-state index contributed by atoms with van der Waals surface area (Å²) in [6.45, 7) is 0.0289. The highest BCUT2D eigenvalue weighted by atomic mass is 19.1. The van der Waals surface area contributed by atoms with E-state index in [-0.39, 0.29) is 12.5 Å². The van der Waals surface area contributed by atoms with Crippen LogP contribution in [-0.4, -0.2) is 17.9 Å². The molecule has 2 heteroatoms. The van der Waals surface area contributed by atoms with Crippen molar-refractivity contribution in [2.45, 2.75) is 38.3 Å². The maximum atomic E-state index is 12.9. The normalized spacial score (nSPS) is 35.4. The van der Waals surface area contributed by atoms with Gasteiger partial charge in [0, 0.05) is 12.5 Å². The minimum absolute atomic E-state index is 0.0289. The lowest BCUT2D eigenvalue weighted by Crippen LogP contribution is -2.17. The molecule has 0 saturated heterocycles. The Labute approximate surface area is 61.2 Å². The molecule has 0 aromatic heterocycles. The molecular weight excluding hydrogens is 131 g/mol. The molecule has 1 fully saturated rings. The molecule has 0 radical (unpaired) electrons. The summed E-state index contributed by atoms with van der Waals surface area (Å²) in [4.78, 5) is 0. The Kier molecular flexibility index (Phi) is 3.13. The van der Waals surface area contributed by atoms with Gasteiger partial charge in [-0.05, 0) is 12.8 Å². The molecule has 2 atom stereocenters. The monoisotopic (exact) mass is 146 g/mol. The van der Waals surface area contributed by atoms with Crippen molar-refractivity contribution >= 4 is 0 Å². The summed E-state index contributed by atoms with van der Waals surface area (Å²) < 4.78 is 12.9. The smallest absolute Gasteiger partial charge is 0.105 e. The van der Waals surface area contributed by atoms with E-state index in [1.54, 1.807) is 0 Å². The van der Waals surface area contributed by atoms with Gasteiger partial charge in [0.2, 0.25) is 0 Å². The summed E-state index contributed by atoms with van der Waals surface area (Å²) in [5.41, 5.74) is 0. The minimum Gasteiger partial charge on any atom is -0.396 e. The molecule has 10 heavy (non-hydrogen) atoms. The van der Waals surface area contributed by atoms with E-state index in [1.807, 2.05) is 0 Å². The summed E-state index contributed by atoms with van der Waals surface area (Å²) in [6, 6.07) is 0. The van der Waals surface area contributed by atoms with E-state index in [4.69, 9.17) is 5.11 Å². The van der Waals surface area contributed by atoms with Crippen LogP contribution >= 0.6 is 0 Å². The predicted octanol–water partition coefficient (Wildman–Crippen LogP) is 1.90. The molecule has 1 saturated carbocycles. The van der Waals surface area contributed by atoms with Crippen molar-refractivity contribution in [3.8, 4) is 0 Å². The molecular formula is C8H15FO. The molecule has 1 aliphatic carbocycles. The second-order valence-corrected chi connectivity index (χ2v) is 3.10. The molecule has 0 spiro atoms. The van der Waals surface area contributed by atoms with E-state index in [1.165, 1.54) is 0 Å². The third-order valence-corrected chi connectivity index (χ3v) is 2.30. The fraction of sp³-hybridized carbons (Fsp3) is 1.00. The number of rotatable bonds is 1. The van der Waals surface area contributed by atoms with Crippen LogP contribution in [0.15, 0.2) is 0 Å². The zero-order chi connectivity index (χ0) is 7.40. The lowest BCUT2D eigenvalue weighted by molar-refractivity contribution is 0.132. The predicted molar refractivity (Wildman–Crippen MR) is 38.6 cm³/mol. The van der Waals surface area contributed by atoms with Crippen molar-refractivity contribution < 1.29 is 9.50 Å². The van der Waals surface area contributed by atoms with Gasteiger partial charge in [0.15, 0.2) is 0 Å². The Morgan fingerprint density at radius 3 is 2.60 bits per heavy atom. The van der Waals surface area contributed by atoms with E-state index < -0.39 is 6.17 Å². The maximum Gasteiger partial charge on any atom is 0.105 e. The van der Waals surface area contributed by atoms with Crippen LogP contribution in [0.25, 0.3) is 0 Å². The van der Waals surface area contributed by atoms with Gasteiger partial charge in [0.25, 0.3) is 0 Å². The number of hydrogen-bond donors (Lipinski definition) is 1. The molecule has 0 aromatic carbocycles. The minimum atomic E-state index is -0.743. The molecule has 0 bridgehead atoms. The first kappa shape index (κ1) is 7.99. The van der Waals surface area contributed by atoms with E-state index in [0.29, 0.717) is 6.42 Å². The first-order chi connectivity index (χ1) is 4.84. The average Bonchev–Trinajstić information content (AvgIpc) is 2.13. The van der Waals surface area contributed by atoms with Gasteiger partial charge in [-0.2, -0.15) is 0 Å². The Morgan fingerprint density at radius 1 is 1.20 bits per heavy atom. The number of aliphatic hydroxyl groups is 1. The Bertz CT molecular complexity index is 95.3. The summed E-state index contributed by atoms with van der Waals surface area (Å²) in [5, 5.41) is 8.75. The van der Waals surface area contributed by atoms with Gasteiger partial charge < -0.3 is 5.11 Å². The van der Waals surface area contributed by atoms with Gasteiger partial charge in [0.1, 0.15) is 6.17 Å². The van der Waals surface area contributed by atoms with Crippen molar-refractivity contribution in [1.82, 2.24) is 0 Å². The van der Waals surface area contributed by atoms with Gasteiger partial charge in [-0.25, -0.2) is 4.39 Å². The first-order valence-electron chi connectivity index (χ1n) is 4.09. The fourth-order valence-corrected chi connectivity index (χ4v) is 1.54. The van der Waals surface area contributed by atoms with Crippen LogP contribution in [0.4, 0.5) is 4.39 Å². The maximum absolute atomic E-state index is 12.9. The van der Waals surface area contributed by atoms with Crippen molar-refractivity contribution in [3.63, 3.8) is 0 Å². The molecule has 1 aliphatic rings. The van der Waals surface area contributed by atoms with Crippen LogP contribution in [0.2, 0.25) is 0 Å². The zero-order valence-corrected chi connectivity index (χ0v) is 6.22. The van der Waals surface area contributed by atoms with Crippen molar-refractivity contribution in [1.29, 1.82) is 0 Å². The summed E-state index contributed by atoms with van der Waals surface area (Å²) >= 11 is 0. The number of hydrogen-bond acceptors (Lipinski definition) is 1. The molecule has 0 unspecified atom stereocenters. The van der Waals surface area contributed by atoms with Crippen LogP contribution in [0.5, 0.6) is 0 Å². The van der Waals surface area contributed by atoms with Gasteiger partial charge in [-0.3, -0.25) is 0 Å². The molecule has 60 valence electrons. The van der Waals surface area contributed by atoms with E-state index in [0.717, 1.165) is 25.7 Å². The highest BCUT2D eigenvalue weighted by Gasteiger charge is 2.21. The standard InChI is InChI=1S/C8H15FO/c9-8-5-3-1-2-4-7(8)6-10/h7-8,10H,1-6H2/t7-,8+/m0/s1. The summed E-state index contributed by atoms with van der Waals surface area (Å²) in [6.07, 6.45) is 4.01. The molecule has 0 heterocycles. The Balaban J connectivity index is 2.35. The van der Waals surface area contributed by atoms with Crippen LogP contribution in [0, 0.1) is 5.92 Å². The fourth-order valence-electron chi connectivity index (χ4n) is 1.54. The van der Waals surface area contributed by atoms with Gasteiger partial charge in [-0.1, -0.05) is 19.3 Å². The molecule has 1 nitrogen and oxygen atoms in total. The highest BCUT2D eigenvalue weighted by molar-refractivity contribution is 4.72. The molecule has 1 rings (SSSR count). The van der Waals surface area contributed by atoms with Crippen LogP contribution in [0.1, 0.15) is 32.1 Å². The molecule has 0 aromatic rings. The number of halogens is 1. The Hall–Kier alpha value is -0.110. The number of aliphatic hydroxyl groups excluding tert-OH is 1. The first-order valence-corrected chi connectivity index (χ1v) is 4.09. The number of alkyl halides is 1. The quantitative estimate of drug-likeness (QED) is 0.560. The third kappa shape index (κ3) is 1.94. The largest absolute Gasteiger partial charge is 0.396 e. The van der Waals surface area contributed by atoms with Gasteiger partial charge >= 0.3 is 0 Å². The van der Waals surface area contributed by atoms with Crippen molar-refractivity contribution in [3.05, 3.63) is 0 Å². The highest BCUT2D eigenvalue weighted by Crippen LogP contribution is 2.25. The second-order valence-electron chi connectivity index (χ2n) is 3.10. The topological polar surface area (TPSA) is 20.2 Å². The molecule has 0 amide bonds. The van der Waals surface area contributed by atoms with Gasteiger partial charge in [-0.15, -0.1) is 0 Å². The lowest BCUT2D eigenvalue weighted by atomic mass is 10.00.